The summed E-state index contributed by atoms with van der Waals surface area (Å²) >= 11 is -5.94. The van der Waals surface area contributed by atoms with Gasteiger partial charge >= 0.3 is 41.9 Å². The van der Waals surface area contributed by atoms with Crippen molar-refractivity contribution in [2.24, 2.45) is 5.18 Å². The van der Waals surface area contributed by atoms with E-state index in [0.29, 0.717) is 12.4 Å². The third-order valence-corrected chi connectivity index (χ3v) is 3.20. The van der Waals surface area contributed by atoms with Crippen LogP contribution in [0.25, 0.3) is 0 Å². The zero-order chi connectivity index (χ0) is 26.4. The number of nitrogens with zero attached hydrogens (tertiary/aromatic N) is 3. The number of nitrogens with one attached hydrogen (secondary N) is 1. The normalized spacial score (nSPS) is 12.5. The van der Waals surface area contributed by atoms with Crippen LogP contribution in [0.4, 0.5) is 38.0 Å². The van der Waals surface area contributed by atoms with Crippen molar-refractivity contribution in [2.45, 2.75) is 25.2 Å². The Bertz CT molecular complexity index is 825. The summed E-state index contributed by atoms with van der Waals surface area (Å²) in [7, 11) is 0. The average Bonchev–Trinajstić information content (AvgIpc) is 3.32. The largest absolute Gasteiger partial charge is 1.00 e. The second-order valence-electron chi connectivity index (χ2n) is 5.73. The molecule has 0 unspecified atom stereocenters. The number of halogens is 7. The van der Waals surface area contributed by atoms with Crippen molar-refractivity contribution in [1.82, 2.24) is 9.97 Å². The van der Waals surface area contributed by atoms with Crippen LogP contribution >= 0.6 is 0 Å². The summed E-state index contributed by atoms with van der Waals surface area (Å²) in [5.41, 5.74) is -0.112. The van der Waals surface area contributed by atoms with Crippen LogP contribution in [-0.2, 0) is 17.1 Å². The van der Waals surface area contributed by atoms with Crippen molar-refractivity contribution < 1.29 is 105 Å². The molecule has 3 rings (SSSR count). The molecule has 0 aromatic carbocycles. The van der Waals surface area contributed by atoms with E-state index in [4.69, 9.17) is 23.7 Å². The van der Waals surface area contributed by atoms with E-state index in [-0.39, 0.29) is 46.7 Å². The molecule has 1 fully saturated rings. The summed E-state index contributed by atoms with van der Waals surface area (Å²) < 4.78 is 111. The first-order valence-corrected chi connectivity index (χ1v) is 12.1. The van der Waals surface area contributed by atoms with Crippen LogP contribution in [-0.4, -0.2) is 33.9 Å². The topological polar surface area (TPSA) is 220 Å². The molecule has 3 heterocycles. The van der Waals surface area contributed by atoms with Crippen molar-refractivity contribution in [1.29, 1.82) is 0 Å². The maximum atomic E-state index is 11.9. The molecule has 20 heteroatoms. The van der Waals surface area contributed by atoms with Gasteiger partial charge in [0.15, 0.2) is 5.82 Å². The Morgan fingerprint density at radius 2 is 1.31 bits per heavy atom. The van der Waals surface area contributed by atoms with E-state index in [0.717, 1.165) is 37.5 Å². The molecule has 1 aliphatic rings. The van der Waals surface area contributed by atoms with E-state index in [1.807, 2.05) is 0 Å². The quantitative estimate of drug-likeness (QED) is 0.102. The molecule has 0 bridgehead atoms. The van der Waals surface area contributed by atoms with Gasteiger partial charge in [-0.25, -0.2) is 9.97 Å². The standard InChI is InChI=1S/C6H5F3N2O.C6H3F3N2O.C4H8O.IO4.Na.H2O/c2*7-6(8,9)4-1-2-5(11-12)10-3-4;1-2-4-5-3-1;2-1(3,4)5;;/h1-3,12H,(H,10,11);1-3H;1-4H2;;;1H2/q;;;-1;+1;. The number of alkyl halides is 6. The van der Waals surface area contributed by atoms with Gasteiger partial charge in [-0.15, -0.1) is 4.91 Å². The van der Waals surface area contributed by atoms with Crippen LogP contribution in [0.3, 0.4) is 0 Å². The maximum absolute atomic E-state index is 11.9. The first-order valence-electron chi connectivity index (χ1n) is 8.57. The Labute approximate surface area is 227 Å². The number of ether oxygens (including phenoxy) is 1. The summed E-state index contributed by atoms with van der Waals surface area (Å²) in [6.07, 6.45) is -5.05. The molecule has 200 valence electrons. The number of nitroso groups, excluding NO2 is 1. The predicted molar refractivity (Wildman–Crippen MR) is 93.0 cm³/mol. The van der Waals surface area contributed by atoms with Crippen LogP contribution in [0, 0.1) is 4.91 Å². The summed E-state index contributed by atoms with van der Waals surface area (Å²) in [6, 6.07) is 3.52. The van der Waals surface area contributed by atoms with Gasteiger partial charge in [0.2, 0.25) is 0 Å². The maximum Gasteiger partial charge on any atom is 1.00 e. The predicted octanol–water partition coefficient (Wildman–Crippen LogP) is -6.38. The molecule has 0 spiro atoms. The smallest absolute Gasteiger partial charge is 0.412 e. The zero-order valence-electron chi connectivity index (χ0n) is 18.2. The molecule has 2 aromatic rings. The fourth-order valence-electron chi connectivity index (χ4n) is 1.75. The third kappa shape index (κ3) is 20.9. The van der Waals surface area contributed by atoms with Gasteiger partial charge in [-0.2, -0.15) is 26.3 Å². The Morgan fingerprint density at radius 3 is 1.53 bits per heavy atom. The summed E-state index contributed by atoms with van der Waals surface area (Å²) in [4.78, 5) is 16.2. The molecule has 0 radical (unpaired) electrons. The Kier molecular flexibility index (Phi) is 20.6. The summed E-state index contributed by atoms with van der Waals surface area (Å²) in [5, 5.41) is 10.6. The van der Waals surface area contributed by atoms with Crippen molar-refractivity contribution in [3.05, 3.63) is 52.7 Å². The molecule has 36 heavy (non-hydrogen) atoms. The minimum Gasteiger partial charge on any atom is -0.412 e. The second-order valence-corrected chi connectivity index (χ2v) is 7.89. The van der Waals surface area contributed by atoms with Gasteiger partial charge in [0.25, 0.3) is 0 Å². The van der Waals surface area contributed by atoms with Gasteiger partial charge < -0.3 is 10.2 Å². The van der Waals surface area contributed by atoms with E-state index >= 15 is 0 Å². The van der Waals surface area contributed by atoms with Gasteiger partial charge in [0.05, 0.1) is 11.1 Å². The van der Waals surface area contributed by atoms with Gasteiger partial charge in [0.1, 0.15) is 25.9 Å². The number of hydrogen-bond donors (Lipinski definition) is 2. The third-order valence-electron chi connectivity index (χ3n) is 3.20. The molecule has 0 saturated carbocycles. The summed E-state index contributed by atoms with van der Waals surface area (Å²) in [6.45, 7) is 2.00. The molecule has 0 amide bonds. The Morgan fingerprint density at radius 1 is 0.889 bits per heavy atom. The minimum absolute atomic E-state index is 0. The van der Waals surface area contributed by atoms with Gasteiger partial charge in [-0.05, 0) is 42.3 Å². The monoisotopic (exact) mass is 658 g/mol. The molecular weight excluding hydrogens is 640 g/mol. The second kappa shape index (κ2) is 18.9. The number of anilines is 1. The molecule has 0 aliphatic carbocycles. The number of pyridine rings is 2. The van der Waals surface area contributed by atoms with Crippen LogP contribution in [0.5, 0.6) is 0 Å². The molecular formula is C16H18F6IN4NaO8. The van der Waals surface area contributed by atoms with Crippen molar-refractivity contribution in [2.75, 3.05) is 18.7 Å². The average molecular weight is 658 g/mol. The van der Waals surface area contributed by atoms with Crippen LogP contribution < -0.4 is 68.9 Å². The van der Waals surface area contributed by atoms with E-state index in [1.54, 1.807) is 5.48 Å². The van der Waals surface area contributed by atoms with E-state index in [9.17, 15) is 31.2 Å². The van der Waals surface area contributed by atoms with Gasteiger partial charge in [0, 0.05) is 25.6 Å². The van der Waals surface area contributed by atoms with Crippen molar-refractivity contribution in [3.8, 4) is 0 Å². The van der Waals surface area contributed by atoms with Gasteiger partial charge in [-0.1, -0.05) is 0 Å². The van der Waals surface area contributed by atoms with Crippen molar-refractivity contribution >= 4 is 11.6 Å². The first kappa shape index (κ1) is 39.2. The molecule has 1 saturated heterocycles. The van der Waals surface area contributed by atoms with E-state index in [2.05, 4.69) is 15.1 Å². The van der Waals surface area contributed by atoms with E-state index < -0.39 is 43.6 Å². The molecule has 12 nitrogen and oxygen atoms in total. The van der Waals surface area contributed by atoms with Crippen molar-refractivity contribution in [3.63, 3.8) is 0 Å². The van der Waals surface area contributed by atoms with Crippen LogP contribution in [0.15, 0.2) is 41.8 Å². The van der Waals surface area contributed by atoms with Gasteiger partial charge in [-0.3, -0.25) is 24.4 Å². The Balaban J connectivity index is -0.000000426. The number of rotatable bonds is 2. The molecule has 1 aliphatic heterocycles. The van der Waals surface area contributed by atoms with Crippen LogP contribution in [0.1, 0.15) is 24.0 Å². The number of hydrogen-bond acceptors (Lipinski definition) is 11. The Hall–Kier alpha value is -1.27. The molecule has 4 N–H and O–H groups in total. The fourth-order valence-corrected chi connectivity index (χ4v) is 1.75. The SMILES string of the molecule is C1CCOC1.O.O=Nc1ccc(C(F)(F)F)cn1.ONc1ccc(C(F)(F)F)cn1.[Na+].[O-][I+3]([O-])([O-])[O-]. The molecule has 2 aromatic heterocycles. The zero-order valence-corrected chi connectivity index (χ0v) is 22.3. The first-order chi connectivity index (χ1) is 15.6. The fraction of sp³-hybridized carbons (Fsp3) is 0.375. The minimum atomic E-state index is -5.94. The van der Waals surface area contributed by atoms with Crippen LogP contribution in [0.2, 0.25) is 0 Å². The molecule has 0 atom stereocenters. The number of aromatic nitrogens is 2. The van der Waals surface area contributed by atoms with E-state index in [1.165, 1.54) is 12.8 Å². The summed E-state index contributed by atoms with van der Waals surface area (Å²) in [5.74, 6) is -0.286.